The van der Waals surface area contributed by atoms with Gasteiger partial charge in [0.05, 0.1) is 2.88 Å². The van der Waals surface area contributed by atoms with Crippen molar-refractivity contribution < 1.29 is 4.39 Å². The fourth-order valence-electron chi connectivity index (χ4n) is 2.05. The minimum absolute atomic E-state index is 0.175. The van der Waals surface area contributed by atoms with E-state index < -0.39 is 0 Å². The summed E-state index contributed by atoms with van der Waals surface area (Å²) in [5.41, 5.74) is 2.09. The summed E-state index contributed by atoms with van der Waals surface area (Å²) in [6.07, 6.45) is 1.76. The third-order valence-corrected chi connectivity index (χ3v) is 5.24. The molecule has 1 aromatic carbocycles. The van der Waals surface area contributed by atoms with Crippen LogP contribution < -0.4 is 5.32 Å². The van der Waals surface area contributed by atoms with E-state index in [1.165, 1.54) is 20.6 Å². The Morgan fingerprint density at radius 2 is 2.20 bits per heavy atom. The third-order valence-electron chi connectivity index (χ3n) is 3.06. The average Bonchev–Trinajstić information content (AvgIpc) is 2.85. The van der Waals surface area contributed by atoms with Gasteiger partial charge in [0.25, 0.3) is 0 Å². The lowest BCUT2D eigenvalue weighted by atomic mass is 10.0. The first-order chi connectivity index (χ1) is 9.60. The van der Waals surface area contributed by atoms with Crippen LogP contribution in [0.5, 0.6) is 0 Å². The molecule has 1 atom stereocenters. The van der Waals surface area contributed by atoms with E-state index in [1.54, 1.807) is 17.4 Å². The van der Waals surface area contributed by atoms with Gasteiger partial charge in [-0.3, -0.25) is 0 Å². The molecule has 0 aliphatic heterocycles. The lowest BCUT2D eigenvalue weighted by Gasteiger charge is -2.18. The molecule has 20 heavy (non-hydrogen) atoms. The zero-order valence-corrected chi connectivity index (χ0v) is 14.9. The second-order valence-corrected chi connectivity index (χ2v) is 7.84. The van der Waals surface area contributed by atoms with Crippen molar-refractivity contribution in [3.05, 3.63) is 54.5 Å². The van der Waals surface area contributed by atoms with Gasteiger partial charge in [-0.1, -0.05) is 18.5 Å². The van der Waals surface area contributed by atoms with Crippen molar-refractivity contribution in [1.82, 2.24) is 5.32 Å². The van der Waals surface area contributed by atoms with Gasteiger partial charge in [-0.05, 0) is 82.7 Å². The molecular weight excluding hydrogens is 408 g/mol. The van der Waals surface area contributed by atoms with Crippen LogP contribution >= 0.6 is 45.5 Å². The molecule has 0 bridgehead atoms. The number of halogens is 3. The van der Waals surface area contributed by atoms with Crippen LogP contribution in [0.2, 0.25) is 5.02 Å². The van der Waals surface area contributed by atoms with Crippen molar-refractivity contribution in [1.29, 1.82) is 0 Å². The van der Waals surface area contributed by atoms with E-state index in [4.69, 9.17) is 11.6 Å². The highest BCUT2D eigenvalue weighted by molar-refractivity contribution is 14.1. The fraction of sp³-hybridized carbons (Fsp3) is 0.333. The van der Waals surface area contributed by atoms with Gasteiger partial charge < -0.3 is 5.32 Å². The van der Waals surface area contributed by atoms with Gasteiger partial charge in [0, 0.05) is 11.1 Å². The van der Waals surface area contributed by atoms with Crippen LogP contribution in [0.4, 0.5) is 4.39 Å². The topological polar surface area (TPSA) is 12.0 Å². The predicted octanol–water partition coefficient (Wildman–Crippen LogP) is 5.43. The summed E-state index contributed by atoms with van der Waals surface area (Å²) in [5.74, 6) is -0.237. The van der Waals surface area contributed by atoms with Gasteiger partial charge in [0.2, 0.25) is 0 Å². The lowest BCUT2D eigenvalue weighted by molar-refractivity contribution is 0.528. The van der Waals surface area contributed by atoms with Gasteiger partial charge in [-0.2, -0.15) is 0 Å². The van der Waals surface area contributed by atoms with Crippen LogP contribution in [0.1, 0.15) is 30.5 Å². The first kappa shape index (κ1) is 16.2. The molecule has 1 heterocycles. The zero-order chi connectivity index (χ0) is 14.5. The lowest BCUT2D eigenvalue weighted by Crippen LogP contribution is -2.23. The first-order valence-corrected chi connectivity index (χ1v) is 8.85. The maximum atomic E-state index is 13.4. The summed E-state index contributed by atoms with van der Waals surface area (Å²) in [6.45, 7) is 3.07. The summed E-state index contributed by atoms with van der Waals surface area (Å²) >= 11 is 10.2. The van der Waals surface area contributed by atoms with Crippen LogP contribution in [0.25, 0.3) is 0 Å². The quantitative estimate of drug-likeness (QED) is 0.611. The Balaban J connectivity index is 2.21. The van der Waals surface area contributed by atoms with E-state index in [1.807, 2.05) is 0 Å². The summed E-state index contributed by atoms with van der Waals surface area (Å²) in [7, 11) is 0. The molecule has 0 spiro atoms. The zero-order valence-electron chi connectivity index (χ0n) is 11.1. The minimum atomic E-state index is -0.237. The molecule has 108 valence electrons. The van der Waals surface area contributed by atoms with Crippen molar-refractivity contribution in [2.75, 3.05) is 6.54 Å². The van der Waals surface area contributed by atoms with Crippen molar-refractivity contribution in [3.8, 4) is 0 Å². The standard InChI is InChI=1S/C15H16ClFINS/c1-2-5-19-14(11-8-15(18)20-9-11)7-10-6-12(17)3-4-13(10)16/h3-4,6,8-9,14,19H,2,5,7H2,1H3. The fourth-order valence-corrected chi connectivity index (χ4v) is 3.67. The molecule has 0 fully saturated rings. The maximum absolute atomic E-state index is 13.4. The summed E-state index contributed by atoms with van der Waals surface area (Å²) in [6, 6.07) is 6.90. The highest BCUT2D eigenvalue weighted by atomic mass is 127. The Morgan fingerprint density at radius 3 is 2.85 bits per heavy atom. The third kappa shape index (κ3) is 4.41. The predicted molar refractivity (Wildman–Crippen MR) is 93.2 cm³/mol. The van der Waals surface area contributed by atoms with Crippen LogP contribution in [-0.2, 0) is 6.42 Å². The first-order valence-electron chi connectivity index (χ1n) is 6.51. The Kier molecular flexibility index (Phi) is 6.26. The minimum Gasteiger partial charge on any atom is -0.310 e. The Morgan fingerprint density at radius 1 is 1.40 bits per heavy atom. The number of hydrogen-bond acceptors (Lipinski definition) is 2. The number of nitrogens with one attached hydrogen (secondary N) is 1. The molecule has 0 saturated heterocycles. The molecule has 1 unspecified atom stereocenters. The molecule has 5 heteroatoms. The van der Waals surface area contributed by atoms with Crippen LogP contribution in [0, 0.1) is 8.70 Å². The SMILES string of the molecule is CCCNC(Cc1cc(F)ccc1Cl)c1csc(I)c1. The van der Waals surface area contributed by atoms with Crippen molar-refractivity contribution in [2.24, 2.45) is 0 Å². The smallest absolute Gasteiger partial charge is 0.123 e. The number of hydrogen-bond donors (Lipinski definition) is 1. The molecule has 0 aliphatic carbocycles. The largest absolute Gasteiger partial charge is 0.310 e. The molecule has 2 rings (SSSR count). The molecule has 0 saturated carbocycles. The normalized spacial score (nSPS) is 12.6. The van der Waals surface area contributed by atoms with E-state index in [-0.39, 0.29) is 11.9 Å². The second-order valence-electron chi connectivity index (χ2n) is 4.63. The summed E-state index contributed by atoms with van der Waals surface area (Å²) < 4.78 is 14.6. The van der Waals surface area contributed by atoms with Crippen LogP contribution in [0.3, 0.4) is 0 Å². The highest BCUT2D eigenvalue weighted by Crippen LogP contribution is 2.28. The van der Waals surface area contributed by atoms with Gasteiger partial charge in [0.1, 0.15) is 5.82 Å². The van der Waals surface area contributed by atoms with E-state index in [2.05, 4.69) is 46.3 Å². The highest BCUT2D eigenvalue weighted by Gasteiger charge is 2.15. The van der Waals surface area contributed by atoms with Crippen molar-refractivity contribution in [3.63, 3.8) is 0 Å². The molecule has 0 aliphatic rings. The molecule has 1 aromatic heterocycles. The molecular formula is C15H16ClFINS. The number of rotatable bonds is 6. The van der Waals surface area contributed by atoms with Crippen LogP contribution in [0.15, 0.2) is 29.6 Å². The Labute approximate surface area is 141 Å². The number of thiophene rings is 1. The molecule has 1 nitrogen and oxygen atoms in total. The van der Waals surface area contributed by atoms with Gasteiger partial charge in [-0.15, -0.1) is 11.3 Å². The van der Waals surface area contributed by atoms with E-state index >= 15 is 0 Å². The van der Waals surface area contributed by atoms with Crippen LogP contribution in [-0.4, -0.2) is 6.54 Å². The summed E-state index contributed by atoms with van der Waals surface area (Å²) in [4.78, 5) is 0. The molecule has 2 aromatic rings. The van der Waals surface area contributed by atoms with Gasteiger partial charge in [-0.25, -0.2) is 4.39 Å². The average molecular weight is 424 g/mol. The maximum Gasteiger partial charge on any atom is 0.123 e. The molecule has 1 N–H and O–H groups in total. The Bertz CT molecular complexity index is 573. The summed E-state index contributed by atoms with van der Waals surface area (Å²) in [5, 5.41) is 6.30. The van der Waals surface area contributed by atoms with Crippen molar-refractivity contribution >= 4 is 45.5 Å². The van der Waals surface area contributed by atoms with E-state index in [0.717, 1.165) is 18.5 Å². The molecule has 0 radical (unpaired) electrons. The second kappa shape index (κ2) is 7.73. The number of benzene rings is 1. The van der Waals surface area contributed by atoms with Crippen molar-refractivity contribution in [2.45, 2.75) is 25.8 Å². The Hall–Kier alpha value is -0.170. The van der Waals surface area contributed by atoms with E-state index in [9.17, 15) is 4.39 Å². The van der Waals surface area contributed by atoms with E-state index in [0.29, 0.717) is 11.4 Å². The van der Waals surface area contributed by atoms with Gasteiger partial charge >= 0.3 is 0 Å². The monoisotopic (exact) mass is 423 g/mol. The molecule has 0 amide bonds. The van der Waals surface area contributed by atoms with Gasteiger partial charge in [0.15, 0.2) is 0 Å².